The van der Waals surface area contributed by atoms with Gasteiger partial charge in [0, 0.05) is 18.9 Å². The van der Waals surface area contributed by atoms with E-state index in [2.05, 4.69) is 23.8 Å². The lowest BCUT2D eigenvalue weighted by molar-refractivity contribution is -0.150. The van der Waals surface area contributed by atoms with Gasteiger partial charge in [0.1, 0.15) is 6.10 Å². The number of unbranched alkanes of at least 4 members (excludes halogenated alkanes) is 1. The van der Waals surface area contributed by atoms with Gasteiger partial charge in [-0.05, 0) is 31.7 Å². The average Bonchev–Trinajstić information content (AvgIpc) is 2.76. The van der Waals surface area contributed by atoms with E-state index in [1.54, 1.807) is 19.1 Å². The highest BCUT2D eigenvalue weighted by Gasteiger charge is 2.24. The van der Waals surface area contributed by atoms with Crippen LogP contribution in [0.25, 0.3) is 0 Å². The average molecular weight is 431 g/mol. The van der Waals surface area contributed by atoms with Crippen molar-refractivity contribution in [3.05, 3.63) is 61.2 Å². The van der Waals surface area contributed by atoms with Gasteiger partial charge in [0.05, 0.1) is 19.1 Å². The van der Waals surface area contributed by atoms with E-state index >= 15 is 0 Å². The van der Waals surface area contributed by atoms with Crippen LogP contribution in [0, 0.1) is 5.92 Å². The molecule has 0 unspecified atom stereocenters. The molecule has 7 heteroatoms. The minimum Gasteiger partial charge on any atom is -0.456 e. The largest absolute Gasteiger partial charge is 0.456 e. The minimum atomic E-state index is -0.631. The smallest absolute Gasteiger partial charge is 0.306 e. The Labute approximate surface area is 184 Å². The van der Waals surface area contributed by atoms with Gasteiger partial charge in [-0.1, -0.05) is 42.5 Å². The molecule has 3 atom stereocenters. The topological polar surface area (TPSA) is 105 Å². The van der Waals surface area contributed by atoms with Crippen molar-refractivity contribution in [2.24, 2.45) is 5.92 Å². The van der Waals surface area contributed by atoms with Crippen molar-refractivity contribution in [3.8, 4) is 0 Å². The van der Waals surface area contributed by atoms with Crippen LogP contribution in [0.3, 0.4) is 0 Å². The molecule has 0 spiro atoms. The zero-order valence-corrected chi connectivity index (χ0v) is 18.2. The summed E-state index contributed by atoms with van der Waals surface area (Å²) < 4.78 is 5.61. The first-order chi connectivity index (χ1) is 14.9. The van der Waals surface area contributed by atoms with E-state index in [1.807, 2.05) is 30.3 Å². The maximum Gasteiger partial charge on any atom is 0.306 e. The van der Waals surface area contributed by atoms with Crippen LogP contribution < -0.4 is 10.6 Å². The van der Waals surface area contributed by atoms with E-state index in [0.717, 1.165) is 12.0 Å². The Hall–Kier alpha value is -2.93. The Balaban J connectivity index is 2.75. The van der Waals surface area contributed by atoms with Crippen LogP contribution in [0.2, 0.25) is 0 Å². The number of hydrogen-bond donors (Lipinski definition) is 3. The number of amides is 2. The Morgan fingerprint density at radius 2 is 1.87 bits per heavy atom. The molecule has 0 radical (unpaired) electrons. The highest BCUT2D eigenvalue weighted by molar-refractivity contribution is 5.86. The Kier molecular flexibility index (Phi) is 12.6. The van der Waals surface area contributed by atoms with Crippen LogP contribution in [0.1, 0.15) is 50.7 Å². The fourth-order valence-corrected chi connectivity index (χ4v) is 2.93. The number of ether oxygens (including phenoxy) is 1. The molecule has 0 fully saturated rings. The second-order valence-electron chi connectivity index (χ2n) is 7.39. The Morgan fingerprint density at radius 3 is 2.48 bits per heavy atom. The molecule has 0 saturated heterocycles. The summed E-state index contributed by atoms with van der Waals surface area (Å²) >= 11 is 0. The van der Waals surface area contributed by atoms with Crippen LogP contribution >= 0.6 is 0 Å². The lowest BCUT2D eigenvalue weighted by Crippen LogP contribution is -2.40. The van der Waals surface area contributed by atoms with Gasteiger partial charge < -0.3 is 20.5 Å². The summed E-state index contributed by atoms with van der Waals surface area (Å²) in [7, 11) is 0. The van der Waals surface area contributed by atoms with Crippen LogP contribution in [0.5, 0.6) is 0 Å². The third-order valence-corrected chi connectivity index (χ3v) is 4.63. The second kappa shape index (κ2) is 15.0. The molecule has 0 aliphatic carbocycles. The minimum absolute atomic E-state index is 0.0282. The number of benzene rings is 1. The van der Waals surface area contributed by atoms with E-state index in [-0.39, 0.29) is 49.8 Å². The molecule has 0 heterocycles. The molecule has 7 nitrogen and oxygen atoms in total. The summed E-state index contributed by atoms with van der Waals surface area (Å²) in [5.41, 5.74) is 0.773. The maximum absolute atomic E-state index is 12.7. The highest BCUT2D eigenvalue weighted by atomic mass is 16.5. The van der Waals surface area contributed by atoms with Gasteiger partial charge >= 0.3 is 5.97 Å². The summed E-state index contributed by atoms with van der Waals surface area (Å²) in [5, 5.41) is 14.5. The fourth-order valence-electron chi connectivity index (χ4n) is 2.93. The molecule has 31 heavy (non-hydrogen) atoms. The number of esters is 1. The third-order valence-electron chi connectivity index (χ3n) is 4.63. The van der Waals surface area contributed by atoms with Gasteiger partial charge in [0.15, 0.2) is 0 Å². The number of carbonyl (C=O) groups is 3. The van der Waals surface area contributed by atoms with Crippen LogP contribution in [0.4, 0.5) is 0 Å². The molecule has 3 N–H and O–H groups in total. The maximum atomic E-state index is 12.7. The van der Waals surface area contributed by atoms with Crippen molar-refractivity contribution in [1.29, 1.82) is 0 Å². The normalized spacial score (nSPS) is 13.4. The molecule has 2 amide bonds. The third kappa shape index (κ3) is 10.6. The number of aliphatic hydroxyl groups is 1. The van der Waals surface area contributed by atoms with Gasteiger partial charge in [-0.2, -0.15) is 0 Å². The van der Waals surface area contributed by atoms with E-state index < -0.39 is 12.0 Å². The van der Waals surface area contributed by atoms with Gasteiger partial charge in [0.25, 0.3) is 0 Å². The van der Waals surface area contributed by atoms with Crippen molar-refractivity contribution >= 4 is 17.8 Å². The lowest BCUT2D eigenvalue weighted by Gasteiger charge is -2.21. The molecule has 0 aliphatic rings. The van der Waals surface area contributed by atoms with Crippen molar-refractivity contribution < 1.29 is 24.2 Å². The van der Waals surface area contributed by atoms with Gasteiger partial charge in [0.2, 0.25) is 11.8 Å². The van der Waals surface area contributed by atoms with E-state index in [1.165, 1.54) is 0 Å². The predicted octanol–water partition coefficient (Wildman–Crippen LogP) is 2.82. The molecular formula is C24H34N2O5. The van der Waals surface area contributed by atoms with Crippen LogP contribution in [-0.4, -0.2) is 42.1 Å². The van der Waals surface area contributed by atoms with Crippen molar-refractivity contribution in [1.82, 2.24) is 10.6 Å². The second-order valence-corrected chi connectivity index (χ2v) is 7.39. The van der Waals surface area contributed by atoms with E-state index in [9.17, 15) is 14.4 Å². The number of aliphatic hydroxyl groups excluding tert-OH is 1. The number of hydrogen-bond acceptors (Lipinski definition) is 5. The standard InChI is InChI=1S/C24H34N2O5/c1-4-6-8-14-23(29)31-21(19-12-9-7-10-13-19)16-25-24(30)20(11-5-2)15-22(28)26-18(3)17-27/h4-5,7,9-10,12-13,18,20-21,27H,1-2,6,8,11,14-17H2,3H3,(H,25,30)(H,26,28)/t18-,20-,21+/m0/s1. The summed E-state index contributed by atoms with van der Waals surface area (Å²) in [5.74, 6) is -1.60. The number of nitrogens with one attached hydrogen (secondary N) is 2. The van der Waals surface area contributed by atoms with Gasteiger partial charge in [-0.15, -0.1) is 13.2 Å². The highest BCUT2D eigenvalue weighted by Crippen LogP contribution is 2.19. The van der Waals surface area contributed by atoms with Gasteiger partial charge in [-0.3, -0.25) is 14.4 Å². The first-order valence-corrected chi connectivity index (χ1v) is 10.5. The SMILES string of the molecule is C=CCCCC(=O)O[C@H](CNC(=O)[C@@H](CC=C)CC(=O)N[C@@H](C)CO)c1ccccc1. The molecule has 1 aromatic rings. The van der Waals surface area contributed by atoms with Crippen molar-refractivity contribution in [2.75, 3.05) is 13.2 Å². The Bertz CT molecular complexity index is 720. The zero-order valence-electron chi connectivity index (χ0n) is 18.2. The monoisotopic (exact) mass is 430 g/mol. The van der Waals surface area contributed by atoms with Crippen LogP contribution in [-0.2, 0) is 19.1 Å². The van der Waals surface area contributed by atoms with Crippen LogP contribution in [0.15, 0.2) is 55.6 Å². The molecular weight excluding hydrogens is 396 g/mol. The summed E-state index contributed by atoms with van der Waals surface area (Å²) in [6.07, 6.45) is 4.64. The zero-order chi connectivity index (χ0) is 23.1. The Morgan fingerprint density at radius 1 is 1.16 bits per heavy atom. The molecule has 1 aromatic carbocycles. The molecule has 170 valence electrons. The summed E-state index contributed by atoms with van der Waals surface area (Å²) in [4.78, 5) is 37.0. The number of allylic oxidation sites excluding steroid dienone is 2. The van der Waals surface area contributed by atoms with Gasteiger partial charge in [-0.25, -0.2) is 0 Å². The molecule has 0 aromatic heterocycles. The number of carbonyl (C=O) groups excluding carboxylic acids is 3. The van der Waals surface area contributed by atoms with Crippen molar-refractivity contribution in [3.63, 3.8) is 0 Å². The first kappa shape index (κ1) is 26.1. The van der Waals surface area contributed by atoms with E-state index in [4.69, 9.17) is 9.84 Å². The molecule has 0 aliphatic heterocycles. The quantitative estimate of drug-likeness (QED) is 0.225. The molecule has 0 bridgehead atoms. The fraction of sp³-hybridized carbons (Fsp3) is 0.458. The van der Waals surface area contributed by atoms with E-state index in [0.29, 0.717) is 12.8 Å². The lowest BCUT2D eigenvalue weighted by atomic mass is 9.99. The van der Waals surface area contributed by atoms with Crippen molar-refractivity contribution in [2.45, 2.75) is 51.2 Å². The molecule has 0 saturated carbocycles. The number of rotatable bonds is 15. The predicted molar refractivity (Wildman–Crippen MR) is 120 cm³/mol. The molecule has 1 rings (SSSR count). The summed E-state index contributed by atoms with van der Waals surface area (Å²) in [6, 6.07) is 8.81. The first-order valence-electron chi connectivity index (χ1n) is 10.5. The summed E-state index contributed by atoms with van der Waals surface area (Å²) in [6.45, 7) is 8.89.